The molecule has 1 aliphatic carbocycles. The van der Waals surface area contributed by atoms with E-state index in [9.17, 15) is 4.79 Å². The maximum Gasteiger partial charge on any atom is 0.227 e. The van der Waals surface area contributed by atoms with Crippen molar-refractivity contribution >= 4 is 5.91 Å². The smallest absolute Gasteiger partial charge is 0.227 e. The SMILES string of the molecule is Cc1ccc(CN(Cc2ccccc2)C(=O)[C@@H]2C[C@H]2c2ccccc2)o1. The summed E-state index contributed by atoms with van der Waals surface area (Å²) in [4.78, 5) is 15.1. The van der Waals surface area contributed by atoms with Crippen molar-refractivity contribution in [1.82, 2.24) is 4.90 Å². The molecule has 1 amide bonds. The molecule has 1 heterocycles. The minimum Gasteiger partial charge on any atom is -0.464 e. The van der Waals surface area contributed by atoms with Crippen molar-refractivity contribution in [1.29, 1.82) is 0 Å². The van der Waals surface area contributed by atoms with Gasteiger partial charge in [-0.2, -0.15) is 0 Å². The van der Waals surface area contributed by atoms with Crippen LogP contribution in [0, 0.1) is 12.8 Å². The van der Waals surface area contributed by atoms with Gasteiger partial charge in [-0.15, -0.1) is 0 Å². The molecule has 1 saturated carbocycles. The van der Waals surface area contributed by atoms with Crippen molar-refractivity contribution in [3.63, 3.8) is 0 Å². The van der Waals surface area contributed by atoms with Crippen LogP contribution >= 0.6 is 0 Å². The Kier molecular flexibility index (Phi) is 4.61. The summed E-state index contributed by atoms with van der Waals surface area (Å²) in [5, 5.41) is 0. The highest BCUT2D eigenvalue weighted by Gasteiger charge is 2.45. The van der Waals surface area contributed by atoms with Crippen LogP contribution in [-0.4, -0.2) is 10.8 Å². The number of hydrogen-bond donors (Lipinski definition) is 0. The molecule has 3 heteroatoms. The van der Waals surface area contributed by atoms with Crippen molar-refractivity contribution in [2.45, 2.75) is 32.4 Å². The molecule has 1 aliphatic rings. The van der Waals surface area contributed by atoms with E-state index in [0.29, 0.717) is 19.0 Å². The molecule has 132 valence electrons. The van der Waals surface area contributed by atoms with Gasteiger partial charge in [0.1, 0.15) is 11.5 Å². The predicted octanol–water partition coefficient (Wildman–Crippen LogP) is 4.92. The van der Waals surface area contributed by atoms with Crippen LogP contribution in [0.5, 0.6) is 0 Å². The third-order valence-electron chi connectivity index (χ3n) is 5.01. The van der Waals surface area contributed by atoms with E-state index in [1.54, 1.807) is 0 Å². The highest BCUT2D eigenvalue weighted by atomic mass is 16.3. The third-order valence-corrected chi connectivity index (χ3v) is 5.01. The Morgan fingerprint density at radius 3 is 2.31 bits per heavy atom. The van der Waals surface area contributed by atoms with E-state index >= 15 is 0 Å². The summed E-state index contributed by atoms with van der Waals surface area (Å²) in [6.07, 6.45) is 0.936. The zero-order chi connectivity index (χ0) is 17.9. The fraction of sp³-hybridized carbons (Fsp3) is 0.261. The zero-order valence-corrected chi connectivity index (χ0v) is 15.0. The lowest BCUT2D eigenvalue weighted by Crippen LogP contribution is -2.31. The van der Waals surface area contributed by atoms with Gasteiger partial charge in [0.25, 0.3) is 0 Å². The highest BCUT2D eigenvalue weighted by Crippen LogP contribution is 2.48. The average molecular weight is 345 g/mol. The van der Waals surface area contributed by atoms with E-state index < -0.39 is 0 Å². The monoisotopic (exact) mass is 345 g/mol. The van der Waals surface area contributed by atoms with E-state index in [2.05, 4.69) is 24.3 Å². The Bertz CT molecular complexity index is 869. The number of rotatable bonds is 6. The number of carbonyl (C=O) groups is 1. The van der Waals surface area contributed by atoms with Crippen LogP contribution in [0.4, 0.5) is 0 Å². The van der Waals surface area contributed by atoms with Crippen LogP contribution in [0.2, 0.25) is 0 Å². The minimum atomic E-state index is 0.0807. The average Bonchev–Trinajstić information content (AvgIpc) is 3.38. The minimum absolute atomic E-state index is 0.0807. The third kappa shape index (κ3) is 3.72. The zero-order valence-electron chi connectivity index (χ0n) is 15.0. The summed E-state index contributed by atoms with van der Waals surface area (Å²) in [6.45, 7) is 3.05. The second-order valence-corrected chi connectivity index (χ2v) is 7.05. The molecule has 0 aliphatic heterocycles. The maximum atomic E-state index is 13.2. The molecule has 0 spiro atoms. The molecule has 0 saturated heterocycles. The van der Waals surface area contributed by atoms with Crippen molar-refractivity contribution in [3.8, 4) is 0 Å². The van der Waals surface area contributed by atoms with Gasteiger partial charge in [-0.05, 0) is 42.5 Å². The molecule has 0 N–H and O–H groups in total. The molecule has 0 unspecified atom stereocenters. The lowest BCUT2D eigenvalue weighted by molar-refractivity contribution is -0.134. The first-order valence-corrected chi connectivity index (χ1v) is 9.13. The molecule has 2 atom stereocenters. The van der Waals surface area contributed by atoms with Crippen LogP contribution < -0.4 is 0 Å². The second kappa shape index (κ2) is 7.20. The Morgan fingerprint density at radius 1 is 0.962 bits per heavy atom. The molecular weight excluding hydrogens is 322 g/mol. The van der Waals surface area contributed by atoms with Gasteiger partial charge >= 0.3 is 0 Å². The number of nitrogens with zero attached hydrogens (tertiary/aromatic N) is 1. The Balaban J connectivity index is 1.51. The molecule has 1 fully saturated rings. The first kappa shape index (κ1) is 16.6. The quantitative estimate of drug-likeness (QED) is 0.635. The van der Waals surface area contributed by atoms with Crippen LogP contribution in [-0.2, 0) is 17.9 Å². The molecule has 3 aromatic rings. The molecule has 26 heavy (non-hydrogen) atoms. The summed E-state index contributed by atoms with van der Waals surface area (Å²) in [5.41, 5.74) is 2.40. The number of aryl methyl sites for hydroxylation is 1. The molecular formula is C23H23NO2. The van der Waals surface area contributed by atoms with E-state index in [-0.39, 0.29) is 11.8 Å². The van der Waals surface area contributed by atoms with E-state index in [4.69, 9.17) is 4.42 Å². The van der Waals surface area contributed by atoms with Crippen LogP contribution in [0.1, 0.15) is 35.0 Å². The summed E-state index contributed by atoms with van der Waals surface area (Å²) in [5.74, 6) is 2.36. The maximum absolute atomic E-state index is 13.2. The van der Waals surface area contributed by atoms with Gasteiger partial charge in [-0.1, -0.05) is 60.7 Å². The van der Waals surface area contributed by atoms with Crippen molar-refractivity contribution in [2.24, 2.45) is 5.92 Å². The van der Waals surface area contributed by atoms with Crippen LogP contribution in [0.3, 0.4) is 0 Å². The summed E-state index contributed by atoms with van der Waals surface area (Å²) in [7, 11) is 0. The van der Waals surface area contributed by atoms with Crippen LogP contribution in [0.15, 0.2) is 77.2 Å². The standard InChI is InChI=1S/C23H23NO2/c1-17-12-13-20(26-17)16-24(15-18-8-4-2-5-9-18)23(25)22-14-21(22)19-10-6-3-7-11-19/h2-13,21-22H,14-16H2,1H3/t21-,22+/m0/s1. The highest BCUT2D eigenvalue weighted by molar-refractivity contribution is 5.83. The number of carbonyl (C=O) groups excluding carboxylic acids is 1. The molecule has 1 aromatic heterocycles. The lowest BCUT2D eigenvalue weighted by Gasteiger charge is -2.22. The predicted molar refractivity (Wildman–Crippen MR) is 101 cm³/mol. The van der Waals surface area contributed by atoms with Gasteiger partial charge in [-0.25, -0.2) is 0 Å². The van der Waals surface area contributed by atoms with Crippen molar-refractivity contribution < 1.29 is 9.21 Å². The largest absolute Gasteiger partial charge is 0.464 e. The summed E-state index contributed by atoms with van der Waals surface area (Å²) in [6, 6.07) is 24.4. The van der Waals surface area contributed by atoms with Crippen molar-refractivity contribution in [2.75, 3.05) is 0 Å². The van der Waals surface area contributed by atoms with E-state index in [1.165, 1.54) is 5.56 Å². The molecule has 0 radical (unpaired) electrons. The molecule has 3 nitrogen and oxygen atoms in total. The van der Waals surface area contributed by atoms with Crippen molar-refractivity contribution in [3.05, 3.63) is 95.4 Å². The van der Waals surface area contributed by atoms with Gasteiger partial charge in [0.2, 0.25) is 5.91 Å². The van der Waals surface area contributed by atoms with E-state index in [1.807, 2.05) is 60.4 Å². The summed E-state index contributed by atoms with van der Waals surface area (Å²) >= 11 is 0. The fourth-order valence-corrected chi connectivity index (χ4v) is 3.54. The number of furan rings is 1. The Labute approximate surface area is 154 Å². The molecule has 0 bridgehead atoms. The fourth-order valence-electron chi connectivity index (χ4n) is 3.54. The first-order valence-electron chi connectivity index (χ1n) is 9.13. The summed E-state index contributed by atoms with van der Waals surface area (Å²) < 4.78 is 5.72. The van der Waals surface area contributed by atoms with Gasteiger partial charge in [0, 0.05) is 12.5 Å². The number of benzene rings is 2. The van der Waals surface area contributed by atoms with Gasteiger partial charge in [-0.3, -0.25) is 4.79 Å². The molecule has 2 aromatic carbocycles. The van der Waals surface area contributed by atoms with Gasteiger partial charge < -0.3 is 9.32 Å². The lowest BCUT2D eigenvalue weighted by atomic mass is 10.1. The Hall–Kier alpha value is -2.81. The first-order chi connectivity index (χ1) is 12.7. The normalized spacial score (nSPS) is 18.5. The number of hydrogen-bond acceptors (Lipinski definition) is 2. The second-order valence-electron chi connectivity index (χ2n) is 7.05. The van der Waals surface area contributed by atoms with Gasteiger partial charge in [0.15, 0.2) is 0 Å². The number of amides is 1. The van der Waals surface area contributed by atoms with Gasteiger partial charge in [0.05, 0.1) is 6.54 Å². The molecule has 4 rings (SSSR count). The van der Waals surface area contributed by atoms with Crippen LogP contribution in [0.25, 0.3) is 0 Å². The van der Waals surface area contributed by atoms with E-state index in [0.717, 1.165) is 23.5 Å². The Morgan fingerprint density at radius 2 is 1.65 bits per heavy atom. The topological polar surface area (TPSA) is 33.5 Å².